The lowest BCUT2D eigenvalue weighted by Crippen LogP contribution is -2.42. The molecule has 1 aromatic heterocycles. The summed E-state index contributed by atoms with van der Waals surface area (Å²) < 4.78 is 11.5. The molecule has 1 saturated heterocycles. The third-order valence-electron chi connectivity index (χ3n) is 2.43. The lowest BCUT2D eigenvalue weighted by Gasteiger charge is -2.27. The number of rotatable bonds is 1. The molecule has 1 N–H and O–H groups in total. The summed E-state index contributed by atoms with van der Waals surface area (Å²) in [7, 11) is -0.649. The van der Waals surface area contributed by atoms with E-state index in [4.69, 9.17) is 0 Å². The predicted molar refractivity (Wildman–Crippen MR) is 62.3 cm³/mol. The van der Waals surface area contributed by atoms with Crippen LogP contribution < -0.4 is 5.32 Å². The average molecular weight is 229 g/mol. The molecular weight excluding hydrogens is 214 g/mol. The number of aryl methyl sites for hydroxylation is 1. The Bertz CT molecular complexity index is 348. The highest BCUT2D eigenvalue weighted by atomic mass is 32.2. The van der Waals surface area contributed by atoms with Crippen molar-refractivity contribution in [1.82, 2.24) is 5.32 Å². The molecule has 0 saturated carbocycles. The average Bonchev–Trinajstić information content (AvgIpc) is 2.50. The van der Waals surface area contributed by atoms with Crippen LogP contribution in [-0.2, 0) is 10.8 Å². The zero-order valence-corrected chi connectivity index (χ0v) is 10.1. The van der Waals surface area contributed by atoms with Crippen LogP contribution in [0.3, 0.4) is 0 Å². The Hall–Kier alpha value is -0.190. The molecule has 1 aromatic rings. The molecule has 0 radical (unpaired) electrons. The van der Waals surface area contributed by atoms with Gasteiger partial charge in [-0.3, -0.25) is 4.21 Å². The van der Waals surface area contributed by atoms with Gasteiger partial charge in [0.25, 0.3) is 0 Å². The molecule has 3 unspecified atom stereocenters. The first-order chi connectivity index (χ1) is 6.65. The van der Waals surface area contributed by atoms with Gasteiger partial charge < -0.3 is 5.32 Å². The first kappa shape index (κ1) is 10.3. The van der Waals surface area contributed by atoms with Gasteiger partial charge in [-0.25, -0.2) is 0 Å². The summed E-state index contributed by atoms with van der Waals surface area (Å²) in [5.74, 6) is 1.56. The predicted octanol–water partition coefficient (Wildman–Crippen LogP) is 1.84. The second-order valence-electron chi connectivity index (χ2n) is 3.88. The number of thiophene rings is 1. The van der Waals surface area contributed by atoms with E-state index in [0.29, 0.717) is 12.1 Å². The zero-order chi connectivity index (χ0) is 10.1. The van der Waals surface area contributed by atoms with Crippen LogP contribution in [0, 0.1) is 6.92 Å². The number of hydrogen-bond donors (Lipinski definition) is 1. The Labute approximate surface area is 91.2 Å². The third-order valence-corrected chi connectivity index (χ3v) is 4.88. The van der Waals surface area contributed by atoms with Crippen molar-refractivity contribution in [3.63, 3.8) is 0 Å². The lowest BCUT2D eigenvalue weighted by molar-refractivity contribution is 0.490. The molecule has 2 heterocycles. The van der Waals surface area contributed by atoms with Gasteiger partial charge in [-0.1, -0.05) is 0 Å². The summed E-state index contributed by atoms with van der Waals surface area (Å²) in [6, 6.07) is 2.86. The quantitative estimate of drug-likeness (QED) is 0.796. The Morgan fingerprint density at radius 3 is 2.93 bits per heavy atom. The molecule has 14 heavy (non-hydrogen) atoms. The van der Waals surface area contributed by atoms with Gasteiger partial charge >= 0.3 is 0 Å². The summed E-state index contributed by atoms with van der Waals surface area (Å²) >= 11 is 1.76. The van der Waals surface area contributed by atoms with Gasteiger partial charge in [0.15, 0.2) is 0 Å². The van der Waals surface area contributed by atoms with Crippen molar-refractivity contribution in [2.24, 2.45) is 0 Å². The molecular formula is C10H15NOS2. The summed E-state index contributed by atoms with van der Waals surface area (Å²) in [6.07, 6.45) is 0. The molecule has 78 valence electrons. The van der Waals surface area contributed by atoms with E-state index in [2.05, 4.69) is 30.6 Å². The summed E-state index contributed by atoms with van der Waals surface area (Å²) in [6.45, 7) is 4.21. The minimum Gasteiger partial charge on any atom is -0.306 e. The zero-order valence-electron chi connectivity index (χ0n) is 8.45. The monoisotopic (exact) mass is 229 g/mol. The van der Waals surface area contributed by atoms with Crippen molar-refractivity contribution in [2.75, 3.05) is 11.5 Å². The van der Waals surface area contributed by atoms with Gasteiger partial charge in [0.2, 0.25) is 0 Å². The Balaban J connectivity index is 2.14. The van der Waals surface area contributed by atoms with Gasteiger partial charge in [0, 0.05) is 39.3 Å². The van der Waals surface area contributed by atoms with Crippen molar-refractivity contribution in [3.8, 4) is 0 Å². The fraction of sp³-hybridized carbons (Fsp3) is 0.600. The molecule has 0 spiro atoms. The highest BCUT2D eigenvalue weighted by Gasteiger charge is 2.24. The number of hydrogen-bond acceptors (Lipinski definition) is 3. The van der Waals surface area contributed by atoms with Crippen LogP contribution in [0.2, 0.25) is 0 Å². The van der Waals surface area contributed by atoms with Crippen molar-refractivity contribution in [2.45, 2.75) is 25.9 Å². The number of nitrogens with one attached hydrogen (secondary N) is 1. The van der Waals surface area contributed by atoms with Crippen molar-refractivity contribution in [3.05, 3.63) is 21.9 Å². The highest BCUT2D eigenvalue weighted by Crippen LogP contribution is 2.23. The fourth-order valence-electron chi connectivity index (χ4n) is 1.81. The first-order valence-corrected chi connectivity index (χ1v) is 7.18. The molecule has 0 bridgehead atoms. The highest BCUT2D eigenvalue weighted by molar-refractivity contribution is 7.85. The third kappa shape index (κ3) is 2.24. The Kier molecular flexibility index (Phi) is 3.04. The molecule has 2 nitrogen and oxygen atoms in total. The second-order valence-corrected chi connectivity index (χ2v) is 6.55. The van der Waals surface area contributed by atoms with Crippen LogP contribution in [0.5, 0.6) is 0 Å². The van der Waals surface area contributed by atoms with E-state index in [-0.39, 0.29) is 0 Å². The van der Waals surface area contributed by atoms with Gasteiger partial charge in [-0.05, 0) is 30.9 Å². The van der Waals surface area contributed by atoms with Gasteiger partial charge in [-0.2, -0.15) is 0 Å². The van der Waals surface area contributed by atoms with Crippen LogP contribution in [0.4, 0.5) is 0 Å². The Morgan fingerprint density at radius 1 is 1.57 bits per heavy atom. The second kappa shape index (κ2) is 4.13. The molecule has 1 aliphatic rings. The largest absolute Gasteiger partial charge is 0.306 e. The Morgan fingerprint density at radius 2 is 2.36 bits per heavy atom. The van der Waals surface area contributed by atoms with E-state index in [1.165, 1.54) is 10.4 Å². The standard InChI is InChI=1S/C10H15NOS2/c1-7-5-14(12)6-10(11-7)9-3-8(2)13-4-9/h3-4,7,10-11H,5-6H2,1-2H3. The van der Waals surface area contributed by atoms with Gasteiger partial charge in [0.05, 0.1) is 0 Å². The summed E-state index contributed by atoms with van der Waals surface area (Å²) in [5.41, 5.74) is 1.30. The molecule has 0 amide bonds. The van der Waals surface area contributed by atoms with E-state index >= 15 is 0 Å². The topological polar surface area (TPSA) is 29.1 Å². The SMILES string of the molecule is Cc1cc(C2CS(=O)CC(C)N2)cs1. The minimum absolute atomic E-state index is 0.296. The van der Waals surface area contributed by atoms with Crippen molar-refractivity contribution < 1.29 is 4.21 Å². The van der Waals surface area contributed by atoms with E-state index < -0.39 is 10.8 Å². The van der Waals surface area contributed by atoms with E-state index in [9.17, 15) is 4.21 Å². The van der Waals surface area contributed by atoms with Crippen LogP contribution >= 0.6 is 11.3 Å². The molecule has 4 heteroatoms. The van der Waals surface area contributed by atoms with Crippen molar-refractivity contribution in [1.29, 1.82) is 0 Å². The minimum atomic E-state index is -0.649. The maximum atomic E-state index is 11.5. The van der Waals surface area contributed by atoms with E-state index in [1.807, 2.05) is 0 Å². The van der Waals surface area contributed by atoms with Crippen LogP contribution in [-0.4, -0.2) is 21.8 Å². The molecule has 3 atom stereocenters. The van der Waals surface area contributed by atoms with Gasteiger partial charge in [-0.15, -0.1) is 11.3 Å². The maximum absolute atomic E-state index is 11.5. The maximum Gasteiger partial charge on any atom is 0.0447 e. The molecule has 1 fully saturated rings. The molecule has 1 aliphatic heterocycles. The molecule has 0 aliphatic carbocycles. The summed E-state index contributed by atoms with van der Waals surface area (Å²) in [4.78, 5) is 1.32. The lowest BCUT2D eigenvalue weighted by atomic mass is 10.1. The van der Waals surface area contributed by atoms with Crippen LogP contribution in [0.1, 0.15) is 23.4 Å². The first-order valence-electron chi connectivity index (χ1n) is 4.81. The van der Waals surface area contributed by atoms with Crippen LogP contribution in [0.15, 0.2) is 11.4 Å². The van der Waals surface area contributed by atoms with E-state index in [0.717, 1.165) is 11.5 Å². The molecule has 2 rings (SSSR count). The smallest absolute Gasteiger partial charge is 0.0447 e. The normalized spacial score (nSPS) is 33.1. The summed E-state index contributed by atoms with van der Waals surface area (Å²) in [5, 5.41) is 5.66. The fourth-order valence-corrected chi connectivity index (χ4v) is 4.02. The van der Waals surface area contributed by atoms with Crippen LogP contribution in [0.25, 0.3) is 0 Å². The van der Waals surface area contributed by atoms with Crippen molar-refractivity contribution >= 4 is 22.1 Å². The van der Waals surface area contributed by atoms with E-state index in [1.54, 1.807) is 11.3 Å². The van der Waals surface area contributed by atoms with Gasteiger partial charge in [0.1, 0.15) is 0 Å². The molecule has 0 aromatic carbocycles.